The predicted octanol–water partition coefficient (Wildman–Crippen LogP) is 4.26. The molecule has 8 heteroatoms. The first-order chi connectivity index (χ1) is 14.8. The number of rotatable bonds is 4. The molecule has 2 aromatic carbocycles. The number of ether oxygens (including phenoxy) is 2. The Morgan fingerprint density at radius 3 is 2.58 bits per heavy atom. The number of piperazine rings is 1. The van der Waals surface area contributed by atoms with Gasteiger partial charge in [-0.15, -0.1) is 0 Å². The minimum atomic E-state index is -0.781. The molecule has 7 nitrogen and oxygen atoms in total. The molecule has 0 radical (unpaired) electrons. The van der Waals surface area contributed by atoms with Gasteiger partial charge in [-0.3, -0.25) is 9.69 Å². The predicted molar refractivity (Wildman–Crippen MR) is 120 cm³/mol. The molecule has 0 aliphatic carbocycles. The molecular weight excluding hydrogens is 418 g/mol. The van der Waals surface area contributed by atoms with Crippen molar-refractivity contribution < 1.29 is 19.4 Å². The Morgan fingerprint density at radius 1 is 1.16 bits per heavy atom. The normalized spacial score (nSPS) is 16.5. The number of carbonyl (C=O) groups is 1. The number of methoxy groups -OCH3 is 1. The van der Waals surface area contributed by atoms with E-state index in [4.69, 9.17) is 26.1 Å². The van der Waals surface area contributed by atoms with Crippen LogP contribution < -0.4 is 9.47 Å². The summed E-state index contributed by atoms with van der Waals surface area (Å²) in [7, 11) is 1.62. The van der Waals surface area contributed by atoms with Crippen molar-refractivity contribution in [2.45, 2.75) is 13.8 Å². The monoisotopic (exact) mass is 443 g/mol. The fourth-order valence-corrected chi connectivity index (χ4v) is 4.00. The molecule has 2 aliphatic heterocycles. The third-order valence-corrected chi connectivity index (χ3v) is 5.90. The van der Waals surface area contributed by atoms with Crippen molar-refractivity contribution in [3.8, 4) is 17.2 Å². The molecule has 2 heterocycles. The zero-order chi connectivity index (χ0) is 22.2. The van der Waals surface area contributed by atoms with Crippen molar-refractivity contribution >= 4 is 29.1 Å². The van der Waals surface area contributed by atoms with E-state index in [1.807, 2.05) is 24.3 Å². The molecule has 1 fully saturated rings. The standard InChI is InChI=1S/C23H26ClN3O4/c1-23(2,22(28)29)14-26-8-10-27(11-9-26)21-17-6-5-16(30-3)13-19(17)31-20-12-15(24)4-7-18(20)25-21/h4-7,12-13H,8-11,14H2,1-3H3,(H,28,29). The molecule has 0 bridgehead atoms. The van der Waals surface area contributed by atoms with Crippen LogP contribution in [0.4, 0.5) is 5.69 Å². The highest BCUT2D eigenvalue weighted by atomic mass is 35.5. The summed E-state index contributed by atoms with van der Waals surface area (Å²) in [5, 5.41) is 10.0. The second kappa shape index (κ2) is 8.40. The topological polar surface area (TPSA) is 74.6 Å². The third-order valence-electron chi connectivity index (χ3n) is 5.67. The summed E-state index contributed by atoms with van der Waals surface area (Å²) in [6.07, 6.45) is 0. The van der Waals surface area contributed by atoms with E-state index in [0.29, 0.717) is 34.5 Å². The molecule has 4 rings (SSSR count). The van der Waals surface area contributed by atoms with Crippen molar-refractivity contribution in [2.24, 2.45) is 10.4 Å². The molecule has 0 amide bonds. The molecule has 0 spiro atoms. The maximum atomic E-state index is 11.5. The first-order valence-corrected chi connectivity index (χ1v) is 10.6. The van der Waals surface area contributed by atoms with Gasteiger partial charge in [-0.1, -0.05) is 11.6 Å². The largest absolute Gasteiger partial charge is 0.497 e. The van der Waals surface area contributed by atoms with Crippen LogP contribution in [0.1, 0.15) is 19.4 Å². The molecule has 31 heavy (non-hydrogen) atoms. The Balaban J connectivity index is 1.63. The number of halogens is 1. The summed E-state index contributed by atoms with van der Waals surface area (Å²) in [4.78, 5) is 20.8. The molecule has 0 aromatic heterocycles. The minimum Gasteiger partial charge on any atom is -0.497 e. The van der Waals surface area contributed by atoms with Gasteiger partial charge in [0.25, 0.3) is 0 Å². The zero-order valence-corrected chi connectivity index (χ0v) is 18.6. The molecular formula is C23H26ClN3O4. The van der Waals surface area contributed by atoms with Crippen LogP contribution in [0.3, 0.4) is 0 Å². The summed E-state index contributed by atoms with van der Waals surface area (Å²) < 4.78 is 11.6. The lowest BCUT2D eigenvalue weighted by Crippen LogP contribution is -2.52. The summed E-state index contributed by atoms with van der Waals surface area (Å²) in [5.41, 5.74) is 0.813. The SMILES string of the molecule is COc1ccc2c(c1)Oc1cc(Cl)ccc1N=C2N1CCN(CC(C)(C)C(=O)O)CC1. The minimum absolute atomic E-state index is 0.515. The first kappa shape index (κ1) is 21.5. The maximum absolute atomic E-state index is 11.5. The second-order valence-electron chi connectivity index (χ2n) is 8.46. The van der Waals surface area contributed by atoms with Crippen LogP contribution in [-0.2, 0) is 4.79 Å². The molecule has 0 atom stereocenters. The lowest BCUT2D eigenvalue weighted by molar-refractivity contribution is -0.148. The van der Waals surface area contributed by atoms with Gasteiger partial charge in [0.2, 0.25) is 0 Å². The number of carboxylic acid groups (broad SMARTS) is 1. The number of hydrogen-bond acceptors (Lipinski definition) is 6. The van der Waals surface area contributed by atoms with Crippen molar-refractivity contribution in [3.05, 3.63) is 47.0 Å². The van der Waals surface area contributed by atoms with Crippen LogP contribution in [0, 0.1) is 5.41 Å². The van der Waals surface area contributed by atoms with Gasteiger partial charge in [0.15, 0.2) is 5.75 Å². The Morgan fingerprint density at radius 2 is 1.90 bits per heavy atom. The number of hydrogen-bond donors (Lipinski definition) is 1. The number of aliphatic imine (C=N–C) groups is 1. The highest BCUT2D eigenvalue weighted by molar-refractivity contribution is 6.30. The van der Waals surface area contributed by atoms with Crippen molar-refractivity contribution in [2.75, 3.05) is 39.8 Å². The van der Waals surface area contributed by atoms with Gasteiger partial charge in [0, 0.05) is 49.9 Å². The quantitative estimate of drug-likeness (QED) is 0.761. The van der Waals surface area contributed by atoms with Crippen molar-refractivity contribution in [3.63, 3.8) is 0 Å². The highest BCUT2D eigenvalue weighted by Gasteiger charge is 2.32. The number of nitrogens with zero attached hydrogens (tertiary/aromatic N) is 3. The van der Waals surface area contributed by atoms with E-state index in [1.165, 1.54) is 0 Å². The smallest absolute Gasteiger partial charge is 0.310 e. The number of aliphatic carboxylic acids is 1. The van der Waals surface area contributed by atoms with Gasteiger partial charge in [0.1, 0.15) is 23.0 Å². The third kappa shape index (κ3) is 4.48. The van der Waals surface area contributed by atoms with Crippen LogP contribution in [0.5, 0.6) is 17.2 Å². The molecule has 2 aromatic rings. The second-order valence-corrected chi connectivity index (χ2v) is 8.90. The van der Waals surface area contributed by atoms with E-state index in [1.54, 1.807) is 33.1 Å². The number of amidine groups is 1. The Labute approximate surface area is 186 Å². The van der Waals surface area contributed by atoms with Gasteiger partial charge < -0.3 is 19.5 Å². The fraction of sp³-hybridized carbons (Fsp3) is 0.391. The van der Waals surface area contributed by atoms with Crippen LogP contribution in [-0.4, -0.2) is 66.5 Å². The van der Waals surface area contributed by atoms with E-state index in [9.17, 15) is 9.90 Å². The molecule has 1 saturated heterocycles. The van der Waals surface area contributed by atoms with E-state index in [2.05, 4.69) is 9.80 Å². The van der Waals surface area contributed by atoms with Gasteiger partial charge in [-0.25, -0.2) is 4.99 Å². The number of fused-ring (bicyclic) bond motifs is 2. The van der Waals surface area contributed by atoms with E-state index >= 15 is 0 Å². The number of benzene rings is 2. The molecule has 164 valence electrons. The van der Waals surface area contributed by atoms with E-state index < -0.39 is 11.4 Å². The summed E-state index contributed by atoms with van der Waals surface area (Å²) in [5.74, 6) is 2.01. The summed E-state index contributed by atoms with van der Waals surface area (Å²) in [6.45, 7) is 7.04. The molecule has 0 unspecified atom stereocenters. The van der Waals surface area contributed by atoms with E-state index in [0.717, 1.165) is 37.6 Å². The van der Waals surface area contributed by atoms with Gasteiger partial charge in [-0.2, -0.15) is 0 Å². The average Bonchev–Trinajstić information content (AvgIpc) is 2.89. The Bertz CT molecular complexity index is 1030. The van der Waals surface area contributed by atoms with Gasteiger partial charge in [-0.05, 0) is 38.1 Å². The van der Waals surface area contributed by atoms with Crippen LogP contribution in [0.15, 0.2) is 41.4 Å². The maximum Gasteiger partial charge on any atom is 0.310 e. The highest BCUT2D eigenvalue weighted by Crippen LogP contribution is 2.41. The van der Waals surface area contributed by atoms with E-state index in [-0.39, 0.29) is 0 Å². The molecule has 2 aliphatic rings. The van der Waals surface area contributed by atoms with Gasteiger partial charge >= 0.3 is 5.97 Å². The molecule has 1 N–H and O–H groups in total. The Hall–Kier alpha value is -2.77. The van der Waals surface area contributed by atoms with Crippen LogP contribution >= 0.6 is 11.6 Å². The molecule has 0 saturated carbocycles. The van der Waals surface area contributed by atoms with Crippen molar-refractivity contribution in [1.29, 1.82) is 0 Å². The van der Waals surface area contributed by atoms with Gasteiger partial charge in [0.05, 0.1) is 18.1 Å². The lowest BCUT2D eigenvalue weighted by atomic mass is 9.93. The summed E-state index contributed by atoms with van der Waals surface area (Å²) >= 11 is 6.18. The number of carboxylic acids is 1. The first-order valence-electron chi connectivity index (χ1n) is 10.2. The van der Waals surface area contributed by atoms with Crippen LogP contribution in [0.25, 0.3) is 0 Å². The Kier molecular flexibility index (Phi) is 5.81. The zero-order valence-electron chi connectivity index (χ0n) is 17.9. The summed E-state index contributed by atoms with van der Waals surface area (Å²) in [6, 6.07) is 11.1. The van der Waals surface area contributed by atoms with Crippen molar-refractivity contribution in [1.82, 2.24) is 9.80 Å². The average molecular weight is 444 g/mol. The lowest BCUT2D eigenvalue weighted by Gasteiger charge is -2.39. The fourth-order valence-electron chi connectivity index (χ4n) is 3.84. The van der Waals surface area contributed by atoms with Crippen LogP contribution in [0.2, 0.25) is 5.02 Å².